The molecule has 1 aliphatic carbocycles. The van der Waals surface area contributed by atoms with Crippen molar-refractivity contribution in [3.05, 3.63) is 29.7 Å². The maximum absolute atomic E-state index is 13.9. The zero-order valence-corrected chi connectivity index (χ0v) is 10.0. The van der Waals surface area contributed by atoms with Gasteiger partial charge >= 0.3 is 0 Å². The summed E-state index contributed by atoms with van der Waals surface area (Å²) in [7, 11) is 0. The lowest BCUT2D eigenvalue weighted by molar-refractivity contribution is 0.629. The lowest BCUT2D eigenvalue weighted by Gasteiger charge is -2.09. The van der Waals surface area contributed by atoms with Crippen molar-refractivity contribution in [2.75, 3.05) is 18.0 Å². The zero-order valence-electron chi connectivity index (χ0n) is 10.0. The molecule has 0 radical (unpaired) electrons. The normalized spacial score (nSPS) is 15.5. The molecule has 0 aliphatic heterocycles. The van der Waals surface area contributed by atoms with E-state index in [1.807, 2.05) is 0 Å². The quantitative estimate of drug-likeness (QED) is 0.474. The molecule has 0 atom stereocenters. The third-order valence-corrected chi connectivity index (χ3v) is 3.04. The first-order valence-electron chi connectivity index (χ1n) is 5.91. The molecule has 6 N–H and O–H groups in total. The van der Waals surface area contributed by atoms with Gasteiger partial charge in [0.2, 0.25) is 0 Å². The molecule has 0 aromatic heterocycles. The van der Waals surface area contributed by atoms with Gasteiger partial charge < -0.3 is 22.2 Å². The fourth-order valence-electron chi connectivity index (χ4n) is 1.69. The SMILES string of the molecule is N=C/C(=C\NCC1CC1)c1ccc(N)c(N)c1F. The number of hydrogen-bond donors (Lipinski definition) is 4. The van der Waals surface area contributed by atoms with Crippen LogP contribution in [0.4, 0.5) is 15.8 Å². The zero-order chi connectivity index (χ0) is 13.1. The van der Waals surface area contributed by atoms with E-state index in [2.05, 4.69) is 5.32 Å². The van der Waals surface area contributed by atoms with E-state index in [4.69, 9.17) is 16.9 Å². The van der Waals surface area contributed by atoms with Crippen LogP contribution < -0.4 is 16.8 Å². The highest BCUT2D eigenvalue weighted by Gasteiger charge is 2.20. The van der Waals surface area contributed by atoms with Crippen LogP contribution in [0.5, 0.6) is 0 Å². The molecular weight excluding hydrogens is 231 g/mol. The number of benzene rings is 1. The Hall–Kier alpha value is -2.04. The predicted molar refractivity (Wildman–Crippen MR) is 72.7 cm³/mol. The van der Waals surface area contributed by atoms with Crippen molar-refractivity contribution in [2.24, 2.45) is 5.92 Å². The third kappa shape index (κ3) is 2.61. The largest absolute Gasteiger partial charge is 0.397 e. The van der Waals surface area contributed by atoms with Crippen LogP contribution >= 0.6 is 0 Å². The Morgan fingerprint density at radius 3 is 2.78 bits per heavy atom. The maximum Gasteiger partial charge on any atom is 0.156 e. The summed E-state index contributed by atoms with van der Waals surface area (Å²) < 4.78 is 13.9. The van der Waals surface area contributed by atoms with Crippen molar-refractivity contribution in [1.29, 1.82) is 5.41 Å². The second kappa shape index (κ2) is 5.08. The highest BCUT2D eigenvalue weighted by atomic mass is 19.1. The van der Waals surface area contributed by atoms with E-state index in [1.54, 1.807) is 12.3 Å². The number of nitrogen functional groups attached to an aromatic ring is 2. The van der Waals surface area contributed by atoms with Gasteiger partial charge in [0.25, 0.3) is 0 Å². The molecular formula is C13H17FN4. The van der Waals surface area contributed by atoms with Gasteiger partial charge in [-0.25, -0.2) is 4.39 Å². The molecule has 0 bridgehead atoms. The smallest absolute Gasteiger partial charge is 0.156 e. The predicted octanol–water partition coefficient (Wildman–Crippen LogP) is 1.98. The first-order valence-corrected chi connectivity index (χ1v) is 5.91. The van der Waals surface area contributed by atoms with Crippen molar-refractivity contribution in [3.63, 3.8) is 0 Å². The first kappa shape index (κ1) is 12.4. The molecule has 0 unspecified atom stereocenters. The van der Waals surface area contributed by atoms with Gasteiger partial charge in [-0.15, -0.1) is 0 Å². The van der Waals surface area contributed by atoms with Gasteiger partial charge in [-0.05, 0) is 30.9 Å². The summed E-state index contributed by atoms with van der Waals surface area (Å²) in [5.41, 5.74) is 12.0. The summed E-state index contributed by atoms with van der Waals surface area (Å²) in [6, 6.07) is 3.09. The third-order valence-electron chi connectivity index (χ3n) is 3.04. The number of anilines is 2. The van der Waals surface area contributed by atoms with Crippen LogP contribution in [0.1, 0.15) is 18.4 Å². The van der Waals surface area contributed by atoms with Crippen LogP contribution in [0.3, 0.4) is 0 Å². The van der Waals surface area contributed by atoms with Gasteiger partial charge in [-0.2, -0.15) is 0 Å². The van der Waals surface area contributed by atoms with E-state index < -0.39 is 5.82 Å². The van der Waals surface area contributed by atoms with Crippen LogP contribution in [0.2, 0.25) is 0 Å². The van der Waals surface area contributed by atoms with Crippen LogP contribution in [-0.4, -0.2) is 12.8 Å². The minimum absolute atomic E-state index is 0.0672. The van der Waals surface area contributed by atoms with Crippen molar-refractivity contribution in [2.45, 2.75) is 12.8 Å². The molecule has 1 aromatic rings. The standard InChI is InChI=1S/C13H17FN4/c14-12-10(3-4-11(16)13(12)17)9(5-15)7-18-6-8-1-2-8/h3-5,7-8,15,18H,1-2,6,16-17H2/b9-7+,15-5?. The minimum atomic E-state index is -0.571. The number of halogens is 1. The van der Waals surface area contributed by atoms with Crippen LogP contribution in [-0.2, 0) is 0 Å². The van der Waals surface area contributed by atoms with Gasteiger partial charge in [0.15, 0.2) is 5.82 Å². The molecule has 2 rings (SSSR count). The topological polar surface area (TPSA) is 87.9 Å². The Labute approximate surface area is 105 Å². The molecule has 18 heavy (non-hydrogen) atoms. The summed E-state index contributed by atoms with van der Waals surface area (Å²) in [6.45, 7) is 0.864. The highest BCUT2D eigenvalue weighted by Crippen LogP contribution is 2.28. The van der Waals surface area contributed by atoms with Crippen molar-refractivity contribution in [3.8, 4) is 0 Å². The van der Waals surface area contributed by atoms with Crippen LogP contribution in [0.25, 0.3) is 5.57 Å². The van der Waals surface area contributed by atoms with Crippen LogP contribution in [0.15, 0.2) is 18.3 Å². The second-order valence-corrected chi connectivity index (χ2v) is 4.53. The Bertz CT molecular complexity index is 492. The van der Waals surface area contributed by atoms with Crippen LogP contribution in [0, 0.1) is 17.1 Å². The number of rotatable bonds is 5. The van der Waals surface area contributed by atoms with E-state index in [0.717, 1.165) is 18.7 Å². The second-order valence-electron chi connectivity index (χ2n) is 4.53. The average Bonchev–Trinajstić information content (AvgIpc) is 3.17. The number of hydrogen-bond acceptors (Lipinski definition) is 4. The van der Waals surface area contributed by atoms with Gasteiger partial charge in [-0.1, -0.05) is 0 Å². The minimum Gasteiger partial charge on any atom is -0.397 e. The van der Waals surface area contributed by atoms with Gasteiger partial charge in [0, 0.05) is 30.1 Å². The summed E-state index contributed by atoms with van der Waals surface area (Å²) >= 11 is 0. The molecule has 4 nitrogen and oxygen atoms in total. The molecule has 96 valence electrons. The lowest BCUT2D eigenvalue weighted by Crippen LogP contribution is -2.10. The molecule has 0 heterocycles. The first-order chi connectivity index (χ1) is 8.63. The van der Waals surface area contributed by atoms with Crippen molar-refractivity contribution in [1.82, 2.24) is 5.32 Å². The molecule has 1 aliphatic rings. The van der Waals surface area contributed by atoms with E-state index in [-0.39, 0.29) is 11.4 Å². The Kier molecular flexibility index (Phi) is 3.50. The summed E-state index contributed by atoms with van der Waals surface area (Å²) in [4.78, 5) is 0. The molecule has 0 spiro atoms. The molecule has 0 saturated heterocycles. The number of nitrogens with one attached hydrogen (secondary N) is 2. The Balaban J connectivity index is 2.20. The highest BCUT2D eigenvalue weighted by molar-refractivity contribution is 6.08. The number of nitrogens with two attached hydrogens (primary N) is 2. The van der Waals surface area contributed by atoms with Gasteiger partial charge in [0.1, 0.15) is 0 Å². The Morgan fingerprint density at radius 2 is 2.17 bits per heavy atom. The van der Waals surface area contributed by atoms with Crippen molar-refractivity contribution < 1.29 is 4.39 Å². The van der Waals surface area contributed by atoms with E-state index in [1.165, 1.54) is 18.9 Å². The molecule has 0 amide bonds. The average molecular weight is 248 g/mol. The van der Waals surface area contributed by atoms with E-state index >= 15 is 0 Å². The molecule has 1 fully saturated rings. The molecule has 5 heteroatoms. The monoisotopic (exact) mass is 248 g/mol. The summed E-state index contributed by atoms with van der Waals surface area (Å²) in [5.74, 6) is 0.146. The van der Waals surface area contributed by atoms with E-state index in [9.17, 15) is 4.39 Å². The maximum atomic E-state index is 13.9. The summed E-state index contributed by atoms with van der Waals surface area (Å²) in [5, 5.41) is 10.5. The van der Waals surface area contributed by atoms with Gasteiger partial charge in [0.05, 0.1) is 11.4 Å². The lowest BCUT2D eigenvalue weighted by atomic mass is 10.1. The summed E-state index contributed by atoms with van der Waals surface area (Å²) in [6.07, 6.45) is 5.24. The fraction of sp³-hybridized carbons (Fsp3) is 0.308. The fourth-order valence-corrected chi connectivity index (χ4v) is 1.69. The number of allylic oxidation sites excluding steroid dienone is 1. The molecule has 1 saturated carbocycles. The molecule has 1 aromatic carbocycles. The van der Waals surface area contributed by atoms with Gasteiger partial charge in [-0.3, -0.25) is 0 Å². The Morgan fingerprint density at radius 1 is 1.44 bits per heavy atom. The van der Waals surface area contributed by atoms with E-state index in [0.29, 0.717) is 11.1 Å². The van der Waals surface area contributed by atoms with Crippen molar-refractivity contribution >= 4 is 23.2 Å².